The molecule has 1 amide bonds. The number of methoxy groups -OCH3 is 2. The molecular weight excluding hydrogens is 408 g/mol. The number of nitrogens with zero attached hydrogens (tertiary/aromatic N) is 3. The van der Waals surface area contributed by atoms with Crippen LogP contribution in [0.2, 0.25) is 0 Å². The van der Waals surface area contributed by atoms with E-state index in [0.29, 0.717) is 45.1 Å². The second-order valence-electron chi connectivity index (χ2n) is 8.12. The van der Waals surface area contributed by atoms with Crippen molar-refractivity contribution in [3.05, 3.63) is 53.4 Å². The van der Waals surface area contributed by atoms with Crippen LogP contribution < -0.4 is 14.8 Å². The molecule has 1 fully saturated rings. The van der Waals surface area contributed by atoms with Crippen LogP contribution in [0.15, 0.2) is 30.9 Å². The Balaban J connectivity index is 1.52. The highest BCUT2D eigenvalue weighted by Gasteiger charge is 2.31. The Labute approximate surface area is 189 Å². The number of benzene rings is 1. The van der Waals surface area contributed by atoms with Gasteiger partial charge in [-0.15, -0.1) is 6.58 Å². The van der Waals surface area contributed by atoms with Gasteiger partial charge in [-0.25, -0.2) is 0 Å². The quantitative estimate of drug-likeness (QED) is 0.634. The molecule has 1 N–H and O–H groups in total. The van der Waals surface area contributed by atoms with Crippen LogP contribution in [0.25, 0.3) is 0 Å². The van der Waals surface area contributed by atoms with Crippen LogP contribution >= 0.6 is 0 Å². The smallest absolute Gasteiger partial charge is 0.274 e. The van der Waals surface area contributed by atoms with Crippen LogP contribution in [0.3, 0.4) is 0 Å². The number of carbonyl (C=O) groups excluding carboxylic acids is 1. The summed E-state index contributed by atoms with van der Waals surface area (Å²) in [5.74, 6) is 1.48. The summed E-state index contributed by atoms with van der Waals surface area (Å²) in [7, 11) is 3.30. The van der Waals surface area contributed by atoms with Crippen molar-refractivity contribution in [1.29, 1.82) is 0 Å². The van der Waals surface area contributed by atoms with Gasteiger partial charge in [0.2, 0.25) is 0 Å². The highest BCUT2D eigenvalue weighted by molar-refractivity contribution is 5.94. The molecule has 0 spiro atoms. The summed E-state index contributed by atoms with van der Waals surface area (Å²) < 4.78 is 18.3. The number of fused-ring (bicyclic) bond motifs is 1. The fourth-order valence-electron chi connectivity index (χ4n) is 4.57. The topological polar surface area (TPSA) is 77.9 Å². The summed E-state index contributed by atoms with van der Waals surface area (Å²) in [5.41, 5.74) is 3.84. The Morgan fingerprint density at radius 1 is 1.31 bits per heavy atom. The molecule has 0 saturated carbocycles. The third kappa shape index (κ3) is 4.52. The lowest BCUT2D eigenvalue weighted by Gasteiger charge is -2.28. The molecule has 0 radical (unpaired) electrons. The van der Waals surface area contributed by atoms with E-state index in [1.165, 1.54) is 0 Å². The number of allylic oxidation sites excluding steroid dienone is 1. The minimum atomic E-state index is 0.00229. The maximum Gasteiger partial charge on any atom is 0.274 e. The first-order valence-corrected chi connectivity index (χ1v) is 11.2. The largest absolute Gasteiger partial charge is 0.493 e. The molecule has 1 aromatic heterocycles. The molecule has 1 aliphatic heterocycles. The van der Waals surface area contributed by atoms with Crippen LogP contribution in [-0.2, 0) is 30.7 Å². The predicted molar refractivity (Wildman–Crippen MR) is 121 cm³/mol. The van der Waals surface area contributed by atoms with Crippen LogP contribution in [0.5, 0.6) is 11.5 Å². The molecule has 2 aliphatic rings. The highest BCUT2D eigenvalue weighted by atomic mass is 16.5. The van der Waals surface area contributed by atoms with E-state index in [9.17, 15) is 4.79 Å². The van der Waals surface area contributed by atoms with Crippen LogP contribution in [-0.4, -0.2) is 67.2 Å². The predicted octanol–water partition coefficient (Wildman–Crippen LogP) is 2.21. The van der Waals surface area contributed by atoms with E-state index in [0.717, 1.165) is 47.6 Å². The Hall–Kier alpha value is -2.84. The Kier molecular flexibility index (Phi) is 7.12. The highest BCUT2D eigenvalue weighted by Crippen LogP contribution is 2.31. The normalized spacial score (nSPS) is 18.2. The Morgan fingerprint density at radius 2 is 2.12 bits per heavy atom. The monoisotopic (exact) mass is 440 g/mol. The molecule has 172 valence electrons. The van der Waals surface area contributed by atoms with Crippen molar-refractivity contribution < 1.29 is 19.0 Å². The first-order valence-electron chi connectivity index (χ1n) is 11.2. The van der Waals surface area contributed by atoms with Gasteiger partial charge in [0.25, 0.3) is 5.91 Å². The van der Waals surface area contributed by atoms with Gasteiger partial charge in [-0.2, -0.15) is 5.10 Å². The van der Waals surface area contributed by atoms with E-state index in [-0.39, 0.29) is 11.9 Å². The zero-order valence-electron chi connectivity index (χ0n) is 18.9. The van der Waals surface area contributed by atoms with Crippen LogP contribution in [0.1, 0.15) is 33.7 Å². The standard InChI is InChI=1S/C24H32N4O4/c1-4-10-28-20-9-8-18(25-16-17-6-5-7-21(30-2)23(17)31-3)15-19(20)22(26-28)24(29)27-11-13-32-14-12-27/h4-7,18,25H,1,8-16H2,2-3H3. The van der Waals surface area contributed by atoms with Crippen molar-refractivity contribution in [2.24, 2.45) is 0 Å². The number of ether oxygens (including phenoxy) is 3. The number of rotatable bonds is 8. The molecule has 0 bridgehead atoms. The Morgan fingerprint density at radius 3 is 2.84 bits per heavy atom. The van der Waals surface area contributed by atoms with Gasteiger partial charge in [0.1, 0.15) is 0 Å². The number of hydrogen-bond donors (Lipinski definition) is 1. The van der Waals surface area contributed by atoms with Crippen LogP contribution in [0.4, 0.5) is 0 Å². The van der Waals surface area contributed by atoms with Gasteiger partial charge >= 0.3 is 0 Å². The second-order valence-corrected chi connectivity index (χ2v) is 8.12. The van der Waals surface area contributed by atoms with E-state index in [1.54, 1.807) is 14.2 Å². The second kappa shape index (κ2) is 10.2. The van der Waals surface area contributed by atoms with E-state index < -0.39 is 0 Å². The van der Waals surface area contributed by atoms with E-state index in [2.05, 4.69) is 11.9 Å². The molecule has 2 aromatic rings. The van der Waals surface area contributed by atoms with E-state index >= 15 is 0 Å². The van der Waals surface area contributed by atoms with Gasteiger partial charge in [-0.05, 0) is 25.3 Å². The third-order valence-electron chi connectivity index (χ3n) is 6.22. The first kappa shape index (κ1) is 22.4. The number of amides is 1. The summed E-state index contributed by atoms with van der Waals surface area (Å²) in [6.07, 6.45) is 4.45. The molecule has 1 aliphatic carbocycles. The fourth-order valence-corrected chi connectivity index (χ4v) is 4.57. The molecule has 1 aromatic carbocycles. The van der Waals surface area contributed by atoms with Crippen molar-refractivity contribution in [3.63, 3.8) is 0 Å². The number of carbonyl (C=O) groups is 1. The summed E-state index contributed by atoms with van der Waals surface area (Å²) in [6, 6.07) is 6.15. The molecule has 8 nitrogen and oxygen atoms in total. The number of hydrogen-bond acceptors (Lipinski definition) is 6. The molecular formula is C24H32N4O4. The van der Waals surface area contributed by atoms with Crippen molar-refractivity contribution in [1.82, 2.24) is 20.0 Å². The number of aromatic nitrogens is 2. The summed E-state index contributed by atoms with van der Waals surface area (Å²) in [6.45, 7) is 7.49. The molecule has 4 rings (SSSR count). The number of para-hydroxylation sites is 1. The van der Waals surface area contributed by atoms with Crippen molar-refractivity contribution in [2.75, 3.05) is 40.5 Å². The average molecular weight is 441 g/mol. The zero-order valence-corrected chi connectivity index (χ0v) is 18.9. The first-order chi connectivity index (χ1) is 15.7. The van der Waals surface area contributed by atoms with E-state index in [4.69, 9.17) is 19.3 Å². The minimum Gasteiger partial charge on any atom is -0.493 e. The zero-order chi connectivity index (χ0) is 22.5. The fraction of sp³-hybridized carbons (Fsp3) is 0.500. The van der Waals surface area contributed by atoms with Crippen molar-refractivity contribution >= 4 is 5.91 Å². The lowest BCUT2D eigenvalue weighted by molar-refractivity contribution is 0.0297. The van der Waals surface area contributed by atoms with Gasteiger partial charge < -0.3 is 24.4 Å². The maximum absolute atomic E-state index is 13.2. The molecule has 1 saturated heterocycles. The summed E-state index contributed by atoms with van der Waals surface area (Å²) in [4.78, 5) is 15.1. The van der Waals surface area contributed by atoms with Gasteiger partial charge in [-0.3, -0.25) is 9.48 Å². The number of morpholine rings is 1. The van der Waals surface area contributed by atoms with E-state index in [1.807, 2.05) is 33.9 Å². The SMILES string of the molecule is C=CCn1nc(C(=O)N2CCOCC2)c2c1CCC(NCc1cccc(OC)c1OC)C2. The lowest BCUT2D eigenvalue weighted by Crippen LogP contribution is -2.41. The van der Waals surface area contributed by atoms with Gasteiger partial charge in [0.05, 0.1) is 34.0 Å². The molecule has 8 heteroatoms. The summed E-state index contributed by atoms with van der Waals surface area (Å²) >= 11 is 0. The third-order valence-corrected chi connectivity index (χ3v) is 6.22. The number of nitrogens with one attached hydrogen (secondary N) is 1. The lowest BCUT2D eigenvalue weighted by atomic mass is 9.90. The molecule has 1 unspecified atom stereocenters. The van der Waals surface area contributed by atoms with Crippen molar-refractivity contribution in [3.8, 4) is 11.5 Å². The van der Waals surface area contributed by atoms with Gasteiger partial charge in [0, 0.05) is 42.5 Å². The minimum absolute atomic E-state index is 0.00229. The van der Waals surface area contributed by atoms with Gasteiger partial charge in [-0.1, -0.05) is 18.2 Å². The van der Waals surface area contributed by atoms with Gasteiger partial charge in [0.15, 0.2) is 17.2 Å². The van der Waals surface area contributed by atoms with Crippen molar-refractivity contribution in [2.45, 2.75) is 38.4 Å². The average Bonchev–Trinajstić information content (AvgIpc) is 3.20. The van der Waals surface area contributed by atoms with Crippen LogP contribution in [0, 0.1) is 0 Å². The molecule has 32 heavy (non-hydrogen) atoms. The Bertz CT molecular complexity index is 965. The maximum atomic E-state index is 13.2. The molecule has 1 atom stereocenters. The summed E-state index contributed by atoms with van der Waals surface area (Å²) in [5, 5.41) is 8.36. The molecule has 2 heterocycles.